The Balaban J connectivity index is 1.07. The van der Waals surface area contributed by atoms with Gasteiger partial charge in [0.25, 0.3) is 0 Å². The van der Waals surface area contributed by atoms with Gasteiger partial charge in [0.15, 0.2) is 5.82 Å². The molecule has 3 saturated heterocycles. The third kappa shape index (κ3) is 7.56. The largest absolute Gasteiger partial charge is 0.508 e. The molecule has 3 aromatic rings. The van der Waals surface area contributed by atoms with Crippen molar-refractivity contribution in [1.82, 2.24) is 34.8 Å². The number of ether oxygens (including phenoxy) is 1. The average molecular weight is 618 g/mol. The number of aromatic amines is 1. The van der Waals surface area contributed by atoms with Crippen LogP contribution in [0.3, 0.4) is 0 Å². The fourth-order valence-electron chi connectivity index (χ4n) is 6.67. The van der Waals surface area contributed by atoms with Crippen molar-refractivity contribution in [2.45, 2.75) is 56.7 Å². The maximum absolute atomic E-state index is 13.8. The molecule has 0 spiro atoms. The summed E-state index contributed by atoms with van der Waals surface area (Å²) in [5.74, 6) is 0.670. The lowest BCUT2D eigenvalue weighted by atomic mass is 10.0. The van der Waals surface area contributed by atoms with Crippen LogP contribution in [-0.2, 0) is 16.0 Å². The summed E-state index contributed by atoms with van der Waals surface area (Å²) in [6, 6.07) is 15.9. The van der Waals surface area contributed by atoms with E-state index < -0.39 is 6.04 Å². The van der Waals surface area contributed by atoms with E-state index in [1.165, 1.54) is 4.68 Å². The molecular formula is C33H43N7O5. The van der Waals surface area contributed by atoms with E-state index in [4.69, 9.17) is 4.74 Å². The first kappa shape index (κ1) is 30.8. The van der Waals surface area contributed by atoms with E-state index in [2.05, 4.69) is 20.3 Å². The Hall–Kier alpha value is -4.16. The van der Waals surface area contributed by atoms with Gasteiger partial charge in [0.05, 0.1) is 6.04 Å². The summed E-state index contributed by atoms with van der Waals surface area (Å²) in [6.45, 7) is 5.41. The molecule has 45 heavy (non-hydrogen) atoms. The maximum Gasteiger partial charge on any atom is 0.343 e. The normalized spacial score (nSPS) is 19.4. The van der Waals surface area contributed by atoms with Crippen molar-refractivity contribution in [3.05, 3.63) is 70.6 Å². The zero-order valence-corrected chi connectivity index (χ0v) is 25.6. The number of likely N-dealkylation sites (tertiary alicyclic amines) is 1. The molecule has 3 aliphatic rings. The Morgan fingerprint density at radius 3 is 2.27 bits per heavy atom. The molecule has 1 atom stereocenters. The first-order valence-corrected chi connectivity index (χ1v) is 16.1. The first-order chi connectivity index (χ1) is 21.9. The van der Waals surface area contributed by atoms with Gasteiger partial charge in [-0.3, -0.25) is 14.7 Å². The molecule has 0 saturated carbocycles. The molecule has 12 nitrogen and oxygen atoms in total. The summed E-state index contributed by atoms with van der Waals surface area (Å²) in [7, 11) is 0. The van der Waals surface area contributed by atoms with Crippen molar-refractivity contribution in [1.29, 1.82) is 0 Å². The number of piperazine rings is 1. The van der Waals surface area contributed by atoms with Crippen LogP contribution < -0.4 is 11.0 Å². The number of rotatable bonds is 8. The van der Waals surface area contributed by atoms with Gasteiger partial charge in [-0.2, -0.15) is 0 Å². The van der Waals surface area contributed by atoms with Crippen LogP contribution in [0, 0.1) is 0 Å². The number of H-pyrrole nitrogens is 1. The van der Waals surface area contributed by atoms with Crippen molar-refractivity contribution >= 4 is 11.9 Å². The number of hydrogen-bond acceptors (Lipinski definition) is 7. The molecule has 3 N–H and O–H groups in total. The topological polar surface area (TPSA) is 136 Å². The van der Waals surface area contributed by atoms with E-state index in [1.54, 1.807) is 17.0 Å². The Labute approximate surface area is 263 Å². The highest BCUT2D eigenvalue weighted by Gasteiger charge is 2.33. The van der Waals surface area contributed by atoms with Gasteiger partial charge in [0.2, 0.25) is 5.91 Å². The number of urea groups is 1. The van der Waals surface area contributed by atoms with Crippen molar-refractivity contribution in [2.24, 2.45) is 0 Å². The second-order valence-corrected chi connectivity index (χ2v) is 12.2. The van der Waals surface area contributed by atoms with Crippen molar-refractivity contribution in [3.8, 4) is 17.1 Å². The van der Waals surface area contributed by atoms with Crippen LogP contribution in [-0.4, -0.2) is 111 Å². The molecule has 6 rings (SSSR count). The second kappa shape index (κ2) is 14.3. The van der Waals surface area contributed by atoms with E-state index in [1.807, 2.05) is 47.4 Å². The first-order valence-electron chi connectivity index (χ1n) is 16.1. The lowest BCUT2D eigenvalue weighted by Gasteiger charge is -2.41. The summed E-state index contributed by atoms with van der Waals surface area (Å²) in [4.78, 5) is 49.0. The molecule has 240 valence electrons. The predicted molar refractivity (Wildman–Crippen MR) is 169 cm³/mol. The third-order valence-electron chi connectivity index (χ3n) is 9.37. The molecule has 3 aliphatic heterocycles. The fourth-order valence-corrected chi connectivity index (χ4v) is 6.67. The predicted octanol–water partition coefficient (Wildman–Crippen LogP) is 2.62. The number of benzene rings is 2. The van der Waals surface area contributed by atoms with Crippen LogP contribution in [0.15, 0.2) is 59.4 Å². The molecule has 3 fully saturated rings. The van der Waals surface area contributed by atoms with E-state index >= 15 is 0 Å². The molecule has 1 aromatic heterocycles. The summed E-state index contributed by atoms with van der Waals surface area (Å²) in [5.41, 5.74) is 1.58. The average Bonchev–Trinajstić information content (AvgIpc) is 3.49. The Morgan fingerprint density at radius 1 is 0.889 bits per heavy atom. The van der Waals surface area contributed by atoms with Gasteiger partial charge >= 0.3 is 11.7 Å². The molecule has 2 aromatic carbocycles. The number of hydrogen-bond donors (Lipinski definition) is 3. The van der Waals surface area contributed by atoms with E-state index in [9.17, 15) is 19.5 Å². The van der Waals surface area contributed by atoms with Gasteiger partial charge in [-0.15, -0.1) is 5.10 Å². The minimum absolute atomic E-state index is 0.0554. The fraction of sp³-hybridized carbons (Fsp3) is 0.515. The number of phenols is 1. The Morgan fingerprint density at radius 2 is 1.58 bits per heavy atom. The molecule has 0 aliphatic carbocycles. The molecule has 0 radical (unpaired) electrons. The summed E-state index contributed by atoms with van der Waals surface area (Å²) >= 11 is 0. The summed E-state index contributed by atoms with van der Waals surface area (Å²) in [6.07, 6.45) is 4.28. The lowest BCUT2D eigenvalue weighted by Crippen LogP contribution is -2.58. The number of carbonyl (C=O) groups excluding carboxylic acids is 2. The smallest absolute Gasteiger partial charge is 0.343 e. The second-order valence-electron chi connectivity index (χ2n) is 12.2. The van der Waals surface area contributed by atoms with Crippen molar-refractivity contribution in [3.63, 3.8) is 0 Å². The minimum atomic E-state index is -0.666. The quantitative estimate of drug-likeness (QED) is 0.354. The minimum Gasteiger partial charge on any atom is -0.508 e. The highest BCUT2D eigenvalue weighted by Crippen LogP contribution is 2.23. The molecule has 3 amide bonds. The lowest BCUT2D eigenvalue weighted by molar-refractivity contribution is -0.135. The van der Waals surface area contributed by atoms with Crippen molar-refractivity contribution in [2.75, 3.05) is 52.5 Å². The van der Waals surface area contributed by atoms with Gasteiger partial charge in [-0.05, 0) is 56.2 Å². The maximum atomic E-state index is 13.8. The van der Waals surface area contributed by atoms with Crippen LogP contribution in [0.5, 0.6) is 5.75 Å². The van der Waals surface area contributed by atoms with E-state index in [0.717, 1.165) is 50.3 Å². The number of aromatic hydroxyl groups is 1. The van der Waals surface area contributed by atoms with Gasteiger partial charge in [0.1, 0.15) is 11.8 Å². The number of carbonyl (C=O) groups is 2. The Bertz CT molecular complexity index is 1470. The van der Waals surface area contributed by atoms with Crippen LogP contribution >= 0.6 is 0 Å². The number of amides is 3. The number of aryl methyl sites for hydroxylation is 1. The van der Waals surface area contributed by atoms with E-state index in [0.29, 0.717) is 63.7 Å². The van der Waals surface area contributed by atoms with Gasteiger partial charge < -0.3 is 25.0 Å². The monoisotopic (exact) mass is 617 g/mol. The van der Waals surface area contributed by atoms with Crippen molar-refractivity contribution < 1.29 is 19.4 Å². The third-order valence-corrected chi connectivity index (χ3v) is 9.37. The summed E-state index contributed by atoms with van der Waals surface area (Å²) < 4.78 is 7.02. The molecule has 0 bridgehead atoms. The SMILES string of the molecule is O=C(NC(CCc1ccc(O)cc1)C(=O)N1CCN(C2CCOCC2)CC1)N1CCC(n2nc(-c3ccccc3)[nH]c2=O)CC1. The molecule has 1 unspecified atom stereocenters. The Kier molecular flexibility index (Phi) is 9.80. The molecule has 12 heteroatoms. The van der Waals surface area contributed by atoms with E-state index in [-0.39, 0.29) is 29.4 Å². The van der Waals surface area contributed by atoms with Crippen LogP contribution in [0.25, 0.3) is 11.4 Å². The summed E-state index contributed by atoms with van der Waals surface area (Å²) in [5, 5.41) is 17.3. The number of aromatic nitrogens is 3. The van der Waals surface area contributed by atoms with Gasteiger partial charge in [-0.25, -0.2) is 14.3 Å². The van der Waals surface area contributed by atoms with Crippen LogP contribution in [0.4, 0.5) is 4.79 Å². The molecular weight excluding hydrogens is 574 g/mol. The van der Waals surface area contributed by atoms with Crippen LogP contribution in [0.1, 0.15) is 43.7 Å². The highest BCUT2D eigenvalue weighted by atomic mass is 16.5. The number of piperidine rings is 1. The zero-order valence-electron chi connectivity index (χ0n) is 25.6. The highest BCUT2D eigenvalue weighted by molar-refractivity contribution is 5.87. The molecule has 4 heterocycles. The number of nitrogens with zero attached hydrogens (tertiary/aromatic N) is 5. The number of nitrogens with one attached hydrogen (secondary N) is 2. The van der Waals surface area contributed by atoms with Crippen LogP contribution in [0.2, 0.25) is 0 Å². The number of phenolic OH excluding ortho intramolecular Hbond substituents is 1. The standard InChI is InChI=1S/C33H43N7O5/c41-28-9-6-24(7-10-28)8-11-29(31(42)38-20-18-37(19-21-38)26-14-22-45-23-15-26)34-32(43)39-16-12-27(13-17-39)40-33(44)35-30(36-40)25-4-2-1-3-5-25/h1-7,9-10,26-27,29,41H,8,11-23H2,(H,34,43)(H,35,36,44). The zero-order chi connectivity index (χ0) is 31.2. The van der Waals surface area contributed by atoms with Gasteiger partial charge in [0, 0.05) is 64.1 Å². The van der Waals surface area contributed by atoms with Gasteiger partial charge in [-0.1, -0.05) is 42.5 Å².